The monoisotopic (exact) mass is 270 g/mol. The van der Waals surface area contributed by atoms with Crippen molar-refractivity contribution in [3.63, 3.8) is 0 Å². The molecule has 0 bridgehead atoms. The largest absolute Gasteiger partial charge is 0.369 e. The van der Waals surface area contributed by atoms with Crippen LogP contribution < -0.4 is 16.4 Å². The van der Waals surface area contributed by atoms with Crippen molar-refractivity contribution in [2.45, 2.75) is 18.9 Å². The van der Waals surface area contributed by atoms with E-state index in [9.17, 15) is 4.79 Å². The van der Waals surface area contributed by atoms with Gasteiger partial charge in [0.15, 0.2) is 0 Å². The number of amides is 1. The fraction of sp³-hybridized carbons (Fsp3) is 0.333. The quantitative estimate of drug-likeness (QED) is 0.860. The van der Waals surface area contributed by atoms with Crippen LogP contribution in [0.15, 0.2) is 30.5 Å². The maximum Gasteiger partial charge on any atom is 0.252 e. The molecule has 1 aromatic carbocycles. The summed E-state index contributed by atoms with van der Waals surface area (Å²) in [5.74, 6) is -0.447. The molecule has 0 unspecified atom stereocenters. The minimum absolute atomic E-state index is 0.136. The molecule has 1 fully saturated rings. The van der Waals surface area contributed by atoms with Crippen LogP contribution >= 0.6 is 0 Å². The minimum Gasteiger partial charge on any atom is -0.369 e. The second kappa shape index (κ2) is 5.09. The Bertz CT molecular complexity index is 655. The van der Waals surface area contributed by atoms with Crippen molar-refractivity contribution < 1.29 is 4.79 Å². The Morgan fingerprint density at radius 3 is 2.90 bits per heavy atom. The number of hydrogen-bond donors (Lipinski definition) is 2. The lowest BCUT2D eigenvalue weighted by Gasteiger charge is -2.34. The van der Waals surface area contributed by atoms with E-state index in [-0.39, 0.29) is 6.04 Å². The zero-order valence-corrected chi connectivity index (χ0v) is 11.2. The molecule has 20 heavy (non-hydrogen) atoms. The zero-order chi connectivity index (χ0) is 14.1. The summed E-state index contributed by atoms with van der Waals surface area (Å²) in [6.45, 7) is 1.64. The molecule has 0 aliphatic carbocycles. The molecule has 5 nitrogen and oxygen atoms in total. The minimum atomic E-state index is -0.447. The Morgan fingerprint density at radius 1 is 1.35 bits per heavy atom. The number of anilines is 1. The third-order valence-corrected chi connectivity index (χ3v) is 3.79. The molecule has 0 spiro atoms. The first-order chi connectivity index (χ1) is 9.66. The number of rotatable bonds is 2. The fourth-order valence-electron chi connectivity index (χ4n) is 2.86. The molecule has 4 N–H and O–H groups in total. The molecule has 0 saturated carbocycles. The molecule has 1 aliphatic rings. The van der Waals surface area contributed by atoms with E-state index in [1.165, 1.54) is 0 Å². The van der Waals surface area contributed by atoms with Gasteiger partial charge in [-0.15, -0.1) is 0 Å². The molecule has 5 heteroatoms. The predicted octanol–water partition coefficient (Wildman–Crippen LogP) is 1.26. The predicted molar refractivity (Wildman–Crippen MR) is 79.7 cm³/mol. The van der Waals surface area contributed by atoms with Gasteiger partial charge in [-0.1, -0.05) is 18.2 Å². The second-order valence-corrected chi connectivity index (χ2v) is 5.25. The Labute approximate surface area is 117 Å². The van der Waals surface area contributed by atoms with Crippen LogP contribution in [0.3, 0.4) is 0 Å². The Morgan fingerprint density at radius 2 is 2.15 bits per heavy atom. The summed E-state index contributed by atoms with van der Waals surface area (Å²) in [4.78, 5) is 18.2. The molecule has 2 heterocycles. The number of para-hydroxylation sites is 1. The number of carbonyl (C=O) groups is 1. The highest BCUT2D eigenvalue weighted by Crippen LogP contribution is 2.31. The van der Waals surface area contributed by atoms with Gasteiger partial charge in [-0.05, 0) is 18.9 Å². The second-order valence-electron chi connectivity index (χ2n) is 5.25. The Balaban J connectivity index is 2.19. The molecule has 104 valence electrons. The van der Waals surface area contributed by atoms with E-state index in [1.807, 2.05) is 24.3 Å². The molecule has 3 rings (SSSR count). The first kappa shape index (κ1) is 12.9. The average Bonchev–Trinajstić information content (AvgIpc) is 2.46. The fourth-order valence-corrected chi connectivity index (χ4v) is 2.86. The highest BCUT2D eigenvalue weighted by molar-refractivity contribution is 6.06. The van der Waals surface area contributed by atoms with Gasteiger partial charge in [-0.2, -0.15) is 0 Å². The number of nitrogens with zero attached hydrogens (tertiary/aromatic N) is 2. The van der Waals surface area contributed by atoms with Crippen LogP contribution in [0, 0.1) is 0 Å². The van der Waals surface area contributed by atoms with Crippen LogP contribution in [0.1, 0.15) is 23.2 Å². The molecule has 1 amide bonds. The van der Waals surface area contributed by atoms with Crippen molar-refractivity contribution in [3.8, 4) is 0 Å². The third kappa shape index (κ3) is 2.20. The Hall–Kier alpha value is -2.14. The molecular weight excluding hydrogens is 252 g/mol. The first-order valence-corrected chi connectivity index (χ1v) is 6.85. The lowest BCUT2D eigenvalue weighted by Crippen LogP contribution is -2.43. The van der Waals surface area contributed by atoms with Crippen molar-refractivity contribution in [2.75, 3.05) is 18.0 Å². The highest BCUT2D eigenvalue weighted by Gasteiger charge is 2.23. The van der Waals surface area contributed by atoms with Crippen molar-refractivity contribution in [1.82, 2.24) is 4.98 Å². The van der Waals surface area contributed by atoms with Crippen molar-refractivity contribution >= 4 is 22.5 Å². The number of aromatic nitrogens is 1. The number of fused-ring (bicyclic) bond motifs is 1. The van der Waals surface area contributed by atoms with E-state index in [2.05, 4.69) is 9.88 Å². The number of nitrogens with two attached hydrogens (primary N) is 2. The maximum atomic E-state index is 11.7. The van der Waals surface area contributed by atoms with Crippen LogP contribution in [0.2, 0.25) is 0 Å². The number of primary amides is 1. The zero-order valence-electron chi connectivity index (χ0n) is 11.2. The van der Waals surface area contributed by atoms with E-state index in [0.717, 1.165) is 42.5 Å². The van der Waals surface area contributed by atoms with Gasteiger partial charge >= 0.3 is 0 Å². The number of pyridine rings is 1. The summed E-state index contributed by atoms with van der Waals surface area (Å²) in [6.07, 6.45) is 3.61. The molecule has 0 radical (unpaired) electrons. The molecule has 1 aromatic heterocycles. The maximum absolute atomic E-state index is 11.7. The lowest BCUT2D eigenvalue weighted by atomic mass is 10.0. The average molecular weight is 270 g/mol. The van der Waals surface area contributed by atoms with E-state index >= 15 is 0 Å². The van der Waals surface area contributed by atoms with Crippen LogP contribution in [0.25, 0.3) is 10.9 Å². The summed E-state index contributed by atoms with van der Waals surface area (Å²) in [5, 5.41) is 0.956. The Kier molecular flexibility index (Phi) is 3.28. The van der Waals surface area contributed by atoms with E-state index in [0.29, 0.717) is 5.56 Å². The van der Waals surface area contributed by atoms with Gasteiger partial charge < -0.3 is 16.4 Å². The van der Waals surface area contributed by atoms with Crippen LogP contribution in [-0.2, 0) is 0 Å². The topological polar surface area (TPSA) is 85.2 Å². The first-order valence-electron chi connectivity index (χ1n) is 6.85. The van der Waals surface area contributed by atoms with Crippen LogP contribution in [-0.4, -0.2) is 30.0 Å². The summed E-state index contributed by atoms with van der Waals surface area (Å²) < 4.78 is 0. The molecule has 1 saturated heterocycles. The summed E-state index contributed by atoms with van der Waals surface area (Å²) in [5.41, 5.74) is 13.8. The number of carbonyl (C=O) groups excluding carboxylic acids is 1. The number of hydrogen-bond acceptors (Lipinski definition) is 4. The van der Waals surface area contributed by atoms with E-state index in [4.69, 9.17) is 11.5 Å². The molecular formula is C15H18N4O. The van der Waals surface area contributed by atoms with Crippen LogP contribution in [0.5, 0.6) is 0 Å². The number of benzene rings is 1. The van der Waals surface area contributed by atoms with E-state index in [1.54, 1.807) is 6.20 Å². The summed E-state index contributed by atoms with van der Waals surface area (Å²) >= 11 is 0. The molecule has 1 aliphatic heterocycles. The summed E-state index contributed by atoms with van der Waals surface area (Å²) in [7, 11) is 0. The van der Waals surface area contributed by atoms with Gasteiger partial charge in [0.25, 0.3) is 5.91 Å². The van der Waals surface area contributed by atoms with Gasteiger partial charge in [-0.3, -0.25) is 9.78 Å². The van der Waals surface area contributed by atoms with Gasteiger partial charge in [0, 0.05) is 30.7 Å². The van der Waals surface area contributed by atoms with Crippen LogP contribution in [0.4, 0.5) is 5.69 Å². The standard InChI is InChI=1S/C15H18N4O/c16-10-4-3-7-19(9-10)14-11-5-1-2-6-13(11)18-8-12(14)15(17)20/h1-2,5-6,8,10H,3-4,7,9,16H2,(H2,17,20)/t10-/m1/s1. The van der Waals surface area contributed by atoms with E-state index < -0.39 is 5.91 Å². The smallest absolute Gasteiger partial charge is 0.252 e. The summed E-state index contributed by atoms with van der Waals surface area (Å²) in [6, 6.07) is 7.93. The lowest BCUT2D eigenvalue weighted by molar-refractivity contribution is 0.100. The number of piperidine rings is 1. The van der Waals surface area contributed by atoms with Gasteiger partial charge in [0.2, 0.25) is 0 Å². The van der Waals surface area contributed by atoms with Gasteiger partial charge in [0.1, 0.15) is 0 Å². The molecule has 2 aromatic rings. The normalized spacial score (nSPS) is 19.2. The SMILES string of the molecule is NC(=O)c1cnc2ccccc2c1N1CCC[C@@H](N)C1. The van der Waals surface area contributed by atoms with Gasteiger partial charge in [0.05, 0.1) is 16.8 Å². The van der Waals surface area contributed by atoms with Crippen molar-refractivity contribution in [2.24, 2.45) is 11.5 Å². The highest BCUT2D eigenvalue weighted by atomic mass is 16.1. The van der Waals surface area contributed by atoms with Crippen molar-refractivity contribution in [1.29, 1.82) is 0 Å². The van der Waals surface area contributed by atoms with Gasteiger partial charge in [-0.25, -0.2) is 0 Å². The molecule has 1 atom stereocenters. The third-order valence-electron chi connectivity index (χ3n) is 3.79. The van der Waals surface area contributed by atoms with Crippen molar-refractivity contribution in [3.05, 3.63) is 36.0 Å².